The van der Waals surface area contributed by atoms with Crippen LogP contribution in [0.2, 0.25) is 0 Å². The standard InChI is InChI=1S/C14H12FNO2S2/c1-3-6-16-13(17)12(20-14(16)19)8-9-4-5-11(18-2)10(15)7-9/h3-5,7-8H,1,6H2,2H3. The summed E-state index contributed by atoms with van der Waals surface area (Å²) >= 11 is 6.33. The van der Waals surface area contributed by atoms with E-state index in [2.05, 4.69) is 6.58 Å². The molecule has 1 aromatic rings. The molecular formula is C14H12FNO2S2. The van der Waals surface area contributed by atoms with Gasteiger partial charge in [0.05, 0.1) is 12.0 Å². The lowest BCUT2D eigenvalue weighted by molar-refractivity contribution is -0.121. The summed E-state index contributed by atoms with van der Waals surface area (Å²) in [5.74, 6) is -0.486. The Labute approximate surface area is 126 Å². The third-order valence-electron chi connectivity index (χ3n) is 2.66. The number of hydrogen-bond acceptors (Lipinski definition) is 4. The lowest BCUT2D eigenvalue weighted by Gasteiger charge is -2.10. The topological polar surface area (TPSA) is 29.5 Å². The Hall–Kier alpha value is -1.66. The Bertz CT molecular complexity index is 613. The van der Waals surface area contributed by atoms with Gasteiger partial charge < -0.3 is 4.74 Å². The first-order valence-corrected chi connectivity index (χ1v) is 6.99. The van der Waals surface area contributed by atoms with Crippen LogP contribution in [0.25, 0.3) is 6.08 Å². The third kappa shape index (κ3) is 2.91. The molecule has 0 aromatic heterocycles. The summed E-state index contributed by atoms with van der Waals surface area (Å²) in [6.45, 7) is 3.96. The van der Waals surface area contributed by atoms with Gasteiger partial charge in [-0.1, -0.05) is 36.1 Å². The van der Waals surface area contributed by atoms with Crippen molar-refractivity contribution in [3.8, 4) is 5.75 Å². The van der Waals surface area contributed by atoms with E-state index in [1.54, 1.807) is 18.2 Å². The fourth-order valence-corrected chi connectivity index (χ4v) is 2.99. The molecule has 1 aliphatic heterocycles. The molecular weight excluding hydrogens is 297 g/mol. The summed E-state index contributed by atoms with van der Waals surface area (Å²) in [5.41, 5.74) is 0.586. The molecule has 0 saturated carbocycles. The predicted molar refractivity (Wildman–Crippen MR) is 83.0 cm³/mol. The van der Waals surface area contributed by atoms with Gasteiger partial charge in [-0.3, -0.25) is 9.69 Å². The molecule has 2 rings (SSSR count). The number of methoxy groups -OCH3 is 1. The second kappa shape index (κ2) is 6.19. The number of hydrogen-bond donors (Lipinski definition) is 0. The van der Waals surface area contributed by atoms with Crippen molar-refractivity contribution in [2.24, 2.45) is 0 Å². The average Bonchev–Trinajstić information content (AvgIpc) is 2.67. The van der Waals surface area contributed by atoms with Crippen molar-refractivity contribution in [2.75, 3.05) is 13.7 Å². The van der Waals surface area contributed by atoms with Gasteiger partial charge in [0.25, 0.3) is 5.91 Å². The van der Waals surface area contributed by atoms with E-state index < -0.39 is 5.82 Å². The van der Waals surface area contributed by atoms with E-state index in [4.69, 9.17) is 17.0 Å². The van der Waals surface area contributed by atoms with Crippen molar-refractivity contribution >= 4 is 40.3 Å². The lowest BCUT2D eigenvalue weighted by atomic mass is 10.2. The van der Waals surface area contributed by atoms with Gasteiger partial charge in [-0.25, -0.2) is 4.39 Å². The molecule has 0 bridgehead atoms. The van der Waals surface area contributed by atoms with Gasteiger partial charge in [-0.15, -0.1) is 6.58 Å². The van der Waals surface area contributed by atoms with E-state index in [-0.39, 0.29) is 11.7 Å². The van der Waals surface area contributed by atoms with Crippen LogP contribution in [0.5, 0.6) is 5.75 Å². The Morgan fingerprint density at radius 3 is 2.90 bits per heavy atom. The molecule has 1 heterocycles. The van der Waals surface area contributed by atoms with Gasteiger partial charge in [-0.05, 0) is 23.8 Å². The summed E-state index contributed by atoms with van der Waals surface area (Å²) in [6, 6.07) is 4.52. The van der Waals surface area contributed by atoms with Crippen LogP contribution in [-0.2, 0) is 4.79 Å². The van der Waals surface area contributed by atoms with Gasteiger partial charge in [0.2, 0.25) is 0 Å². The van der Waals surface area contributed by atoms with E-state index in [0.717, 1.165) is 0 Å². The summed E-state index contributed by atoms with van der Waals surface area (Å²) in [5, 5.41) is 0. The van der Waals surface area contributed by atoms with Gasteiger partial charge >= 0.3 is 0 Å². The zero-order valence-electron chi connectivity index (χ0n) is 10.8. The highest BCUT2D eigenvalue weighted by molar-refractivity contribution is 8.26. The van der Waals surface area contributed by atoms with Crippen LogP contribution in [0.1, 0.15) is 5.56 Å². The van der Waals surface area contributed by atoms with Crippen LogP contribution < -0.4 is 4.74 Å². The molecule has 1 saturated heterocycles. The molecule has 0 unspecified atom stereocenters. The van der Waals surface area contributed by atoms with Gasteiger partial charge in [-0.2, -0.15) is 0 Å². The SMILES string of the molecule is C=CCN1C(=O)C(=Cc2ccc(OC)c(F)c2)SC1=S. The number of benzene rings is 1. The van der Waals surface area contributed by atoms with Gasteiger partial charge in [0, 0.05) is 6.54 Å². The Morgan fingerprint density at radius 1 is 1.55 bits per heavy atom. The number of carbonyl (C=O) groups excluding carboxylic acids is 1. The minimum Gasteiger partial charge on any atom is -0.494 e. The van der Waals surface area contributed by atoms with Crippen LogP contribution in [0.3, 0.4) is 0 Å². The molecule has 20 heavy (non-hydrogen) atoms. The summed E-state index contributed by atoms with van der Waals surface area (Å²) < 4.78 is 18.9. The van der Waals surface area contributed by atoms with Crippen LogP contribution in [0.15, 0.2) is 35.8 Å². The highest BCUT2D eigenvalue weighted by Crippen LogP contribution is 2.32. The van der Waals surface area contributed by atoms with Crippen LogP contribution in [0, 0.1) is 5.82 Å². The van der Waals surface area contributed by atoms with E-state index >= 15 is 0 Å². The molecule has 0 N–H and O–H groups in total. The van der Waals surface area contributed by atoms with E-state index in [1.165, 1.54) is 35.9 Å². The number of thioether (sulfide) groups is 1. The Balaban J connectivity index is 2.28. The summed E-state index contributed by atoms with van der Waals surface area (Å²) in [4.78, 5) is 14.0. The highest BCUT2D eigenvalue weighted by atomic mass is 32.2. The van der Waals surface area contributed by atoms with E-state index in [9.17, 15) is 9.18 Å². The van der Waals surface area contributed by atoms with Crippen molar-refractivity contribution in [1.29, 1.82) is 0 Å². The highest BCUT2D eigenvalue weighted by Gasteiger charge is 2.30. The number of rotatable bonds is 4. The first-order chi connectivity index (χ1) is 9.56. The second-order valence-electron chi connectivity index (χ2n) is 3.97. The van der Waals surface area contributed by atoms with Gasteiger partial charge in [0.15, 0.2) is 11.6 Å². The normalized spacial score (nSPS) is 16.9. The molecule has 1 aliphatic rings. The minimum absolute atomic E-state index is 0.168. The van der Waals surface area contributed by atoms with Crippen molar-refractivity contribution in [3.63, 3.8) is 0 Å². The van der Waals surface area contributed by atoms with Crippen molar-refractivity contribution in [3.05, 3.63) is 47.1 Å². The van der Waals surface area contributed by atoms with Gasteiger partial charge in [0.1, 0.15) is 4.32 Å². The maximum absolute atomic E-state index is 13.6. The molecule has 1 amide bonds. The van der Waals surface area contributed by atoms with Crippen LogP contribution in [-0.4, -0.2) is 28.8 Å². The van der Waals surface area contributed by atoms with Crippen LogP contribution in [0.4, 0.5) is 4.39 Å². The summed E-state index contributed by atoms with van der Waals surface area (Å²) in [6.07, 6.45) is 3.23. The zero-order chi connectivity index (χ0) is 14.7. The average molecular weight is 309 g/mol. The monoisotopic (exact) mass is 309 g/mol. The molecule has 0 atom stereocenters. The molecule has 3 nitrogen and oxygen atoms in total. The number of thiocarbonyl (C=S) groups is 1. The number of amides is 1. The van der Waals surface area contributed by atoms with Crippen LogP contribution >= 0.6 is 24.0 Å². The smallest absolute Gasteiger partial charge is 0.266 e. The number of halogens is 1. The molecule has 0 radical (unpaired) electrons. The van der Waals surface area contributed by atoms with Crippen molar-refractivity contribution in [1.82, 2.24) is 4.90 Å². The first-order valence-electron chi connectivity index (χ1n) is 5.76. The maximum Gasteiger partial charge on any atom is 0.266 e. The lowest BCUT2D eigenvalue weighted by Crippen LogP contribution is -2.27. The Kier molecular flexibility index (Phi) is 4.57. The maximum atomic E-state index is 13.6. The number of carbonyl (C=O) groups is 1. The molecule has 0 spiro atoms. The van der Waals surface area contributed by atoms with E-state index in [1.807, 2.05) is 0 Å². The second-order valence-corrected chi connectivity index (χ2v) is 5.65. The summed E-state index contributed by atoms with van der Waals surface area (Å²) in [7, 11) is 1.40. The molecule has 1 aromatic carbocycles. The van der Waals surface area contributed by atoms with E-state index in [0.29, 0.717) is 21.3 Å². The largest absolute Gasteiger partial charge is 0.494 e. The number of nitrogens with zero attached hydrogens (tertiary/aromatic N) is 1. The predicted octanol–water partition coefficient (Wildman–Crippen LogP) is 3.22. The molecule has 0 aliphatic carbocycles. The van der Waals surface area contributed by atoms with Crippen molar-refractivity contribution in [2.45, 2.75) is 0 Å². The van der Waals surface area contributed by atoms with Crippen molar-refractivity contribution < 1.29 is 13.9 Å². The fraction of sp³-hybridized carbons (Fsp3) is 0.143. The number of ether oxygens (including phenoxy) is 1. The molecule has 104 valence electrons. The zero-order valence-corrected chi connectivity index (χ0v) is 12.4. The third-order valence-corrected chi connectivity index (χ3v) is 4.04. The minimum atomic E-state index is -0.470. The Morgan fingerprint density at radius 2 is 2.30 bits per heavy atom. The molecule has 1 fully saturated rings. The fourth-order valence-electron chi connectivity index (χ4n) is 1.71. The molecule has 6 heteroatoms. The quantitative estimate of drug-likeness (QED) is 0.485. The first kappa shape index (κ1) is 14.7.